The van der Waals surface area contributed by atoms with E-state index in [2.05, 4.69) is 15.9 Å². The lowest BCUT2D eigenvalue weighted by Crippen LogP contribution is -1.94. The topological polar surface area (TPSA) is 37.3 Å². The molecule has 1 aromatic carbocycles. The van der Waals surface area contributed by atoms with Gasteiger partial charge in [0.25, 0.3) is 0 Å². The summed E-state index contributed by atoms with van der Waals surface area (Å²) in [5.41, 5.74) is 0.143. The fourth-order valence-corrected chi connectivity index (χ4v) is 1.18. The van der Waals surface area contributed by atoms with Crippen molar-refractivity contribution < 1.29 is 18.7 Å². The van der Waals surface area contributed by atoms with Crippen LogP contribution in [-0.2, 0) is 4.79 Å². The molecule has 1 rings (SSSR count). The molecule has 14 heavy (non-hydrogen) atoms. The second kappa shape index (κ2) is 4.32. The molecule has 0 aliphatic rings. The van der Waals surface area contributed by atoms with E-state index in [0.717, 1.165) is 12.1 Å². The molecule has 0 saturated heterocycles. The number of hydrogen-bond acceptors (Lipinski definition) is 1. The van der Waals surface area contributed by atoms with Gasteiger partial charge in [0.05, 0.1) is 0 Å². The molecule has 0 aliphatic carbocycles. The van der Waals surface area contributed by atoms with E-state index >= 15 is 0 Å². The molecule has 0 amide bonds. The summed E-state index contributed by atoms with van der Waals surface area (Å²) in [5.74, 6) is -3.57. The van der Waals surface area contributed by atoms with E-state index in [9.17, 15) is 13.6 Å². The van der Waals surface area contributed by atoms with E-state index in [-0.39, 0.29) is 5.56 Å². The van der Waals surface area contributed by atoms with E-state index in [4.69, 9.17) is 5.11 Å². The number of benzene rings is 1. The first-order valence-corrected chi connectivity index (χ1v) is 4.35. The summed E-state index contributed by atoms with van der Waals surface area (Å²) in [6.45, 7) is 0. The maximum absolute atomic E-state index is 12.7. The predicted octanol–water partition coefficient (Wildman–Crippen LogP) is 2.98. The van der Waals surface area contributed by atoms with E-state index in [0.29, 0.717) is 4.47 Å². The van der Waals surface area contributed by atoms with Gasteiger partial charge in [-0.25, -0.2) is 9.18 Å². The largest absolute Gasteiger partial charge is 0.476 e. The van der Waals surface area contributed by atoms with Crippen molar-refractivity contribution >= 4 is 28.0 Å². The highest BCUT2D eigenvalue weighted by atomic mass is 79.9. The molecule has 74 valence electrons. The summed E-state index contributed by atoms with van der Waals surface area (Å²) in [7, 11) is 0. The van der Waals surface area contributed by atoms with Gasteiger partial charge in [0, 0.05) is 4.47 Å². The van der Waals surface area contributed by atoms with Crippen LogP contribution in [0, 0.1) is 5.82 Å². The first-order chi connectivity index (χ1) is 6.50. The lowest BCUT2D eigenvalue weighted by atomic mass is 10.2. The van der Waals surface area contributed by atoms with Crippen LogP contribution in [0.5, 0.6) is 0 Å². The Labute approximate surface area is 87.0 Å². The van der Waals surface area contributed by atoms with Crippen LogP contribution in [0.3, 0.4) is 0 Å². The summed E-state index contributed by atoms with van der Waals surface area (Å²) in [4.78, 5) is 10.1. The van der Waals surface area contributed by atoms with Crippen LogP contribution in [-0.4, -0.2) is 11.1 Å². The first kappa shape index (κ1) is 10.8. The molecule has 0 saturated carbocycles. The summed E-state index contributed by atoms with van der Waals surface area (Å²) < 4.78 is 25.7. The van der Waals surface area contributed by atoms with Gasteiger partial charge in [-0.05, 0) is 29.8 Å². The third kappa shape index (κ3) is 2.63. The van der Waals surface area contributed by atoms with Crippen molar-refractivity contribution in [2.24, 2.45) is 0 Å². The lowest BCUT2D eigenvalue weighted by Gasteiger charge is -1.98. The molecule has 0 aliphatic heterocycles. The van der Waals surface area contributed by atoms with Gasteiger partial charge in [-0.1, -0.05) is 15.9 Å². The quantitative estimate of drug-likeness (QED) is 0.833. The summed E-state index contributed by atoms with van der Waals surface area (Å²) in [6, 6.07) is 3.59. The third-order valence-corrected chi connectivity index (χ3v) is 2.17. The van der Waals surface area contributed by atoms with Gasteiger partial charge in [-0.15, -0.1) is 0 Å². The number of carboxylic acids is 1. The van der Waals surface area contributed by atoms with Crippen LogP contribution in [0.2, 0.25) is 0 Å². The molecule has 0 radical (unpaired) electrons. The van der Waals surface area contributed by atoms with Crippen molar-refractivity contribution in [2.75, 3.05) is 0 Å². The van der Waals surface area contributed by atoms with Crippen molar-refractivity contribution in [2.45, 2.75) is 0 Å². The Bertz CT molecular complexity index is 402. The molecule has 1 N–H and O–H groups in total. The van der Waals surface area contributed by atoms with Crippen LogP contribution in [0.1, 0.15) is 5.56 Å². The minimum absolute atomic E-state index is 0.143. The number of aliphatic carboxylic acids is 1. The third-order valence-electron chi connectivity index (χ3n) is 1.44. The predicted molar refractivity (Wildman–Crippen MR) is 50.8 cm³/mol. The van der Waals surface area contributed by atoms with Crippen molar-refractivity contribution in [3.8, 4) is 0 Å². The van der Waals surface area contributed by atoms with Gasteiger partial charge in [0.15, 0.2) is 0 Å². The van der Waals surface area contributed by atoms with Crippen LogP contribution < -0.4 is 0 Å². The number of rotatable bonds is 2. The van der Waals surface area contributed by atoms with Crippen LogP contribution in [0.15, 0.2) is 28.5 Å². The molecule has 0 aromatic heterocycles. The standard InChI is InChI=1S/C9H5BrF2O2/c10-7-2-1-6(11)3-5(7)4-8(12)9(13)14/h1-4H,(H,13,14)/b8-4-. The maximum atomic E-state index is 12.7. The van der Waals surface area contributed by atoms with Gasteiger partial charge >= 0.3 is 5.97 Å². The zero-order valence-corrected chi connectivity index (χ0v) is 8.38. The van der Waals surface area contributed by atoms with Gasteiger partial charge < -0.3 is 5.11 Å². The number of halogens is 3. The smallest absolute Gasteiger partial charge is 0.364 e. The fourth-order valence-electron chi connectivity index (χ4n) is 0.823. The SMILES string of the molecule is O=C(O)/C(F)=C/c1cc(F)ccc1Br. The zero-order chi connectivity index (χ0) is 10.7. The Morgan fingerprint density at radius 2 is 2.14 bits per heavy atom. The Hall–Kier alpha value is -1.23. The van der Waals surface area contributed by atoms with Crippen LogP contribution in [0.25, 0.3) is 6.08 Å². The Morgan fingerprint density at radius 1 is 1.50 bits per heavy atom. The van der Waals surface area contributed by atoms with E-state index in [1.54, 1.807) is 0 Å². The molecule has 2 nitrogen and oxygen atoms in total. The minimum Gasteiger partial charge on any atom is -0.476 e. The Kier molecular flexibility index (Phi) is 3.35. The average molecular weight is 263 g/mol. The highest BCUT2D eigenvalue weighted by Gasteiger charge is 2.07. The monoisotopic (exact) mass is 262 g/mol. The first-order valence-electron chi connectivity index (χ1n) is 3.56. The summed E-state index contributed by atoms with van der Waals surface area (Å²) in [5, 5.41) is 8.25. The highest BCUT2D eigenvalue weighted by molar-refractivity contribution is 9.10. The zero-order valence-electron chi connectivity index (χ0n) is 6.80. The molecular formula is C9H5BrF2O2. The van der Waals surface area contributed by atoms with Gasteiger partial charge in [0.2, 0.25) is 5.83 Å². The molecule has 1 aromatic rings. The molecule has 0 bridgehead atoms. The summed E-state index contributed by atoms with van der Waals surface area (Å²) in [6.07, 6.45) is 0.746. The highest BCUT2D eigenvalue weighted by Crippen LogP contribution is 2.20. The molecule has 0 atom stereocenters. The Balaban J connectivity index is 3.13. The molecule has 5 heteroatoms. The minimum atomic E-state index is -1.68. The normalized spacial score (nSPS) is 11.5. The van der Waals surface area contributed by atoms with Gasteiger partial charge in [0.1, 0.15) is 5.82 Å². The molecule has 0 heterocycles. The van der Waals surface area contributed by atoms with E-state index < -0.39 is 17.6 Å². The molecule has 0 unspecified atom stereocenters. The summed E-state index contributed by atoms with van der Waals surface area (Å²) >= 11 is 3.04. The van der Waals surface area contributed by atoms with E-state index in [1.165, 1.54) is 12.1 Å². The average Bonchev–Trinajstić information content (AvgIpc) is 2.11. The molecule has 0 spiro atoms. The second-order valence-electron chi connectivity index (χ2n) is 2.46. The number of hydrogen-bond donors (Lipinski definition) is 1. The number of carboxylic acid groups (broad SMARTS) is 1. The van der Waals surface area contributed by atoms with Crippen molar-refractivity contribution in [3.63, 3.8) is 0 Å². The molecule has 0 fully saturated rings. The van der Waals surface area contributed by atoms with Gasteiger partial charge in [-0.2, -0.15) is 4.39 Å². The van der Waals surface area contributed by atoms with Crippen molar-refractivity contribution in [1.82, 2.24) is 0 Å². The lowest BCUT2D eigenvalue weighted by molar-refractivity contribution is -0.134. The van der Waals surface area contributed by atoms with Crippen LogP contribution >= 0.6 is 15.9 Å². The van der Waals surface area contributed by atoms with Crippen molar-refractivity contribution in [1.29, 1.82) is 0 Å². The van der Waals surface area contributed by atoms with Crippen LogP contribution in [0.4, 0.5) is 8.78 Å². The van der Waals surface area contributed by atoms with E-state index in [1.807, 2.05) is 0 Å². The second-order valence-corrected chi connectivity index (χ2v) is 3.32. The van der Waals surface area contributed by atoms with Gasteiger partial charge in [-0.3, -0.25) is 0 Å². The molecular weight excluding hydrogens is 258 g/mol. The number of carbonyl (C=O) groups is 1. The Morgan fingerprint density at radius 3 is 2.71 bits per heavy atom. The maximum Gasteiger partial charge on any atom is 0.364 e. The fraction of sp³-hybridized carbons (Fsp3) is 0. The van der Waals surface area contributed by atoms with Crippen molar-refractivity contribution in [3.05, 3.63) is 39.9 Å².